The topological polar surface area (TPSA) is 12.0 Å². The van der Waals surface area contributed by atoms with Gasteiger partial charge in [-0.3, -0.25) is 0 Å². The Morgan fingerprint density at radius 3 is 1.75 bits per heavy atom. The van der Waals surface area contributed by atoms with Gasteiger partial charge in [-0.05, 0) is 35.4 Å². The maximum atomic E-state index is 6.66. The molecule has 0 aromatic heterocycles. The molecule has 0 aliphatic carbocycles. The van der Waals surface area contributed by atoms with Gasteiger partial charge in [0.05, 0.1) is 5.02 Å². The zero-order valence-corrected chi connectivity index (χ0v) is 14.3. The van der Waals surface area contributed by atoms with Crippen molar-refractivity contribution in [3.63, 3.8) is 0 Å². The highest BCUT2D eigenvalue weighted by Crippen LogP contribution is 2.36. The molecule has 0 atom stereocenters. The Bertz CT molecular complexity index is 962. The van der Waals surface area contributed by atoms with Gasteiger partial charge in [0.15, 0.2) is 0 Å². The lowest BCUT2D eigenvalue weighted by molar-refractivity contribution is 1.18. The highest BCUT2D eigenvalue weighted by Gasteiger charge is 2.11. The molecule has 0 aliphatic rings. The number of halogens is 1. The van der Waals surface area contributed by atoms with E-state index in [1.54, 1.807) is 0 Å². The summed E-state index contributed by atoms with van der Waals surface area (Å²) in [6.45, 7) is 2.87. The van der Waals surface area contributed by atoms with Crippen LogP contribution in [0.2, 0.25) is 5.02 Å². The van der Waals surface area contributed by atoms with Crippen LogP contribution in [0.5, 0.6) is 0 Å². The van der Waals surface area contributed by atoms with Gasteiger partial charge in [-0.15, -0.1) is 0 Å². The van der Waals surface area contributed by atoms with Crippen molar-refractivity contribution in [3.05, 3.63) is 88.9 Å². The van der Waals surface area contributed by atoms with Gasteiger partial charge in [0.2, 0.25) is 0 Å². The van der Waals surface area contributed by atoms with Crippen LogP contribution < -0.4 is 5.32 Å². The summed E-state index contributed by atoms with van der Waals surface area (Å²) >= 11 is 6.66. The summed E-state index contributed by atoms with van der Waals surface area (Å²) in [5.74, 6) is 0. The molecule has 0 aliphatic heterocycles. The number of hydrogen-bond acceptors (Lipinski definition) is 1. The van der Waals surface area contributed by atoms with Crippen LogP contribution in [0.25, 0.3) is 21.5 Å². The average molecular weight is 332 g/mol. The van der Waals surface area contributed by atoms with E-state index >= 15 is 0 Å². The zero-order valence-electron chi connectivity index (χ0n) is 13.5. The molecule has 4 aromatic carbocycles. The molecular weight excluding hydrogens is 314 g/mol. The van der Waals surface area contributed by atoms with Crippen LogP contribution in [-0.2, 0) is 6.54 Å². The summed E-state index contributed by atoms with van der Waals surface area (Å²) in [6, 6.07) is 25.2. The van der Waals surface area contributed by atoms with Crippen molar-refractivity contribution >= 4 is 38.8 Å². The fourth-order valence-corrected chi connectivity index (χ4v) is 3.55. The molecule has 2 heteroatoms. The summed E-state index contributed by atoms with van der Waals surface area (Å²) in [4.78, 5) is 0. The number of anilines is 1. The van der Waals surface area contributed by atoms with Gasteiger partial charge in [-0.2, -0.15) is 0 Å². The van der Waals surface area contributed by atoms with Crippen LogP contribution in [0.4, 0.5) is 5.69 Å². The molecule has 0 saturated carbocycles. The van der Waals surface area contributed by atoms with Crippen molar-refractivity contribution in [2.45, 2.75) is 13.5 Å². The molecule has 4 aromatic rings. The Labute approximate surface area is 146 Å². The third-order valence-electron chi connectivity index (χ3n) is 4.50. The second kappa shape index (κ2) is 6.18. The summed E-state index contributed by atoms with van der Waals surface area (Å²) in [6.07, 6.45) is 0. The van der Waals surface area contributed by atoms with Gasteiger partial charge in [-0.1, -0.05) is 77.8 Å². The third-order valence-corrected chi connectivity index (χ3v) is 4.91. The van der Waals surface area contributed by atoms with Crippen molar-refractivity contribution in [2.75, 3.05) is 5.32 Å². The van der Waals surface area contributed by atoms with Gasteiger partial charge in [0, 0.05) is 23.0 Å². The van der Waals surface area contributed by atoms with E-state index < -0.39 is 0 Å². The average Bonchev–Trinajstić information content (AvgIpc) is 2.63. The Morgan fingerprint density at radius 1 is 0.708 bits per heavy atom. The molecule has 0 heterocycles. The number of nitrogens with one attached hydrogen (secondary N) is 1. The Balaban J connectivity index is 1.85. The molecule has 0 spiro atoms. The molecule has 0 fully saturated rings. The second-order valence-corrected chi connectivity index (χ2v) is 6.48. The Morgan fingerprint density at radius 2 is 1.21 bits per heavy atom. The molecule has 0 radical (unpaired) electrons. The maximum Gasteiger partial charge on any atom is 0.0562 e. The number of aryl methyl sites for hydroxylation is 1. The Kier molecular flexibility index (Phi) is 3.87. The first-order valence-corrected chi connectivity index (χ1v) is 8.50. The Hall–Kier alpha value is -2.51. The van der Waals surface area contributed by atoms with E-state index in [0.29, 0.717) is 0 Å². The van der Waals surface area contributed by atoms with Crippen LogP contribution in [0.1, 0.15) is 11.1 Å². The smallest absolute Gasteiger partial charge is 0.0562 e. The molecular formula is C22H18ClN. The predicted molar refractivity (Wildman–Crippen MR) is 105 cm³/mol. The van der Waals surface area contributed by atoms with E-state index in [9.17, 15) is 0 Å². The largest absolute Gasteiger partial charge is 0.381 e. The monoisotopic (exact) mass is 331 g/mol. The molecule has 0 bridgehead atoms. The fraction of sp³-hybridized carbons (Fsp3) is 0.0909. The molecule has 0 saturated heterocycles. The standard InChI is InChI=1S/C22H18ClN/c1-15-10-12-16(13-11-15)24-14-21-17-6-2-4-8-19(17)22(23)20-9-5-3-7-18(20)21/h2-13,24H,14H2,1H3. The number of rotatable bonds is 3. The van der Waals surface area contributed by atoms with E-state index in [4.69, 9.17) is 11.6 Å². The van der Waals surface area contributed by atoms with Crippen LogP contribution in [0.3, 0.4) is 0 Å². The zero-order chi connectivity index (χ0) is 16.5. The lowest BCUT2D eigenvalue weighted by atomic mass is 9.96. The molecule has 0 unspecified atom stereocenters. The highest BCUT2D eigenvalue weighted by atomic mass is 35.5. The molecule has 1 N–H and O–H groups in total. The van der Waals surface area contributed by atoms with Gasteiger partial charge in [0.1, 0.15) is 0 Å². The second-order valence-electron chi connectivity index (χ2n) is 6.10. The molecule has 1 nitrogen and oxygen atoms in total. The van der Waals surface area contributed by atoms with E-state index in [1.807, 2.05) is 12.1 Å². The minimum atomic E-state index is 0.765. The fourth-order valence-electron chi connectivity index (χ4n) is 3.22. The van der Waals surface area contributed by atoms with Crippen molar-refractivity contribution < 1.29 is 0 Å². The molecule has 4 rings (SSSR count). The minimum Gasteiger partial charge on any atom is -0.381 e. The molecule has 118 valence electrons. The maximum absolute atomic E-state index is 6.66. The van der Waals surface area contributed by atoms with E-state index in [1.165, 1.54) is 21.9 Å². The first-order valence-electron chi connectivity index (χ1n) is 8.12. The van der Waals surface area contributed by atoms with Gasteiger partial charge >= 0.3 is 0 Å². The van der Waals surface area contributed by atoms with Gasteiger partial charge in [-0.25, -0.2) is 0 Å². The van der Waals surface area contributed by atoms with Crippen LogP contribution in [-0.4, -0.2) is 0 Å². The third kappa shape index (κ3) is 2.61. The van der Waals surface area contributed by atoms with Crippen molar-refractivity contribution in [2.24, 2.45) is 0 Å². The minimum absolute atomic E-state index is 0.765. The highest BCUT2D eigenvalue weighted by molar-refractivity contribution is 6.41. The number of fused-ring (bicyclic) bond motifs is 2. The summed E-state index contributed by atoms with van der Waals surface area (Å²) in [7, 11) is 0. The van der Waals surface area contributed by atoms with Crippen molar-refractivity contribution in [1.82, 2.24) is 0 Å². The van der Waals surface area contributed by atoms with Crippen LogP contribution in [0, 0.1) is 6.92 Å². The lowest BCUT2D eigenvalue weighted by Crippen LogP contribution is -2.01. The molecule has 0 amide bonds. The van der Waals surface area contributed by atoms with Gasteiger partial charge in [0.25, 0.3) is 0 Å². The number of hydrogen-bond donors (Lipinski definition) is 1. The summed E-state index contributed by atoms with van der Waals surface area (Å²) in [5, 5.41) is 9.02. The van der Waals surface area contributed by atoms with Gasteiger partial charge < -0.3 is 5.32 Å². The van der Waals surface area contributed by atoms with Crippen molar-refractivity contribution in [1.29, 1.82) is 0 Å². The van der Waals surface area contributed by atoms with E-state index in [-0.39, 0.29) is 0 Å². The van der Waals surface area contributed by atoms with Crippen LogP contribution in [0.15, 0.2) is 72.8 Å². The van der Waals surface area contributed by atoms with Crippen molar-refractivity contribution in [3.8, 4) is 0 Å². The summed E-state index contributed by atoms with van der Waals surface area (Å²) in [5.41, 5.74) is 3.68. The normalized spacial score (nSPS) is 11.1. The van der Waals surface area contributed by atoms with E-state index in [0.717, 1.165) is 28.0 Å². The first kappa shape index (κ1) is 15.0. The van der Waals surface area contributed by atoms with E-state index in [2.05, 4.69) is 72.9 Å². The lowest BCUT2D eigenvalue weighted by Gasteiger charge is -2.15. The summed E-state index contributed by atoms with van der Waals surface area (Å²) < 4.78 is 0. The first-order chi connectivity index (χ1) is 11.7. The van der Waals surface area contributed by atoms with Crippen LogP contribution >= 0.6 is 11.6 Å². The SMILES string of the molecule is Cc1ccc(NCc2c3ccccc3c(Cl)c3ccccc23)cc1. The number of benzene rings is 4. The predicted octanol–water partition coefficient (Wildman–Crippen LogP) is 6.57. The molecule has 24 heavy (non-hydrogen) atoms. The quantitative estimate of drug-likeness (QED) is 0.419.